The molecule has 0 radical (unpaired) electrons. The van der Waals surface area contributed by atoms with Gasteiger partial charge in [-0.1, -0.05) is 64.8 Å². The lowest BCUT2D eigenvalue weighted by Crippen LogP contribution is -2.48. The van der Waals surface area contributed by atoms with E-state index in [1.54, 1.807) is 17.8 Å². The van der Waals surface area contributed by atoms with Gasteiger partial charge in [-0.05, 0) is 45.4 Å². The number of carbonyl (C=O) groups is 1. The molecule has 1 amide bonds. The minimum absolute atomic E-state index is 0.0759. The number of thioether (sulfide) groups is 1. The minimum atomic E-state index is 0.0759. The van der Waals surface area contributed by atoms with Crippen molar-refractivity contribution in [3.63, 3.8) is 0 Å². The summed E-state index contributed by atoms with van der Waals surface area (Å²) in [6.45, 7) is 7.37. The van der Waals surface area contributed by atoms with E-state index in [1.807, 2.05) is 54.5 Å². The number of ether oxygens (including phenoxy) is 1. The molecule has 2 unspecified atom stereocenters. The van der Waals surface area contributed by atoms with Gasteiger partial charge in [0.15, 0.2) is 11.0 Å². The van der Waals surface area contributed by atoms with Crippen LogP contribution < -0.4 is 0 Å². The third-order valence-electron chi connectivity index (χ3n) is 5.64. The van der Waals surface area contributed by atoms with Crippen LogP contribution in [0.1, 0.15) is 32.3 Å². The summed E-state index contributed by atoms with van der Waals surface area (Å²) in [5.41, 5.74) is 2.97. The Morgan fingerprint density at radius 3 is 2.44 bits per heavy atom. The number of aryl methyl sites for hydroxylation is 1. The second-order valence-corrected chi connectivity index (χ2v) is 10.5. The van der Waals surface area contributed by atoms with Gasteiger partial charge >= 0.3 is 0 Å². The van der Waals surface area contributed by atoms with Gasteiger partial charge in [0, 0.05) is 30.8 Å². The van der Waals surface area contributed by atoms with E-state index in [1.165, 1.54) is 5.56 Å². The lowest BCUT2D eigenvalue weighted by molar-refractivity contribution is -0.143. The molecule has 34 heavy (non-hydrogen) atoms. The summed E-state index contributed by atoms with van der Waals surface area (Å²) in [4.78, 5) is 14.6. The number of carbonyl (C=O) groups excluding carboxylic acids is 1. The van der Waals surface area contributed by atoms with Crippen molar-refractivity contribution in [3.8, 4) is 17.1 Å². The topological polar surface area (TPSA) is 60.3 Å². The summed E-state index contributed by atoms with van der Waals surface area (Å²) >= 11 is 14.0. The molecule has 9 heteroatoms. The quantitative estimate of drug-likeness (QED) is 0.281. The summed E-state index contributed by atoms with van der Waals surface area (Å²) in [6, 6.07) is 13.7. The molecule has 1 aromatic heterocycles. The van der Waals surface area contributed by atoms with E-state index in [-0.39, 0.29) is 18.1 Å². The van der Waals surface area contributed by atoms with Gasteiger partial charge in [0.1, 0.15) is 0 Å². The van der Waals surface area contributed by atoms with Gasteiger partial charge in [0.25, 0.3) is 0 Å². The second-order valence-electron chi connectivity index (χ2n) is 8.61. The lowest BCUT2D eigenvalue weighted by Gasteiger charge is -2.35. The highest BCUT2D eigenvalue weighted by atomic mass is 35.5. The Kier molecular flexibility index (Phi) is 8.19. The molecule has 2 aromatic carbocycles. The van der Waals surface area contributed by atoms with Crippen LogP contribution in [0.2, 0.25) is 10.0 Å². The molecule has 1 fully saturated rings. The van der Waals surface area contributed by atoms with Crippen LogP contribution in [0.15, 0.2) is 47.6 Å². The van der Waals surface area contributed by atoms with Crippen molar-refractivity contribution in [3.05, 3.63) is 58.1 Å². The van der Waals surface area contributed by atoms with Crippen LogP contribution in [-0.4, -0.2) is 56.6 Å². The number of nitrogens with zero attached hydrogens (tertiary/aromatic N) is 4. The molecule has 3 aromatic rings. The fraction of sp³-hybridized carbons (Fsp3) is 0.400. The highest BCUT2D eigenvalue weighted by molar-refractivity contribution is 7.99. The number of aromatic nitrogens is 3. The number of hydrogen-bond acceptors (Lipinski definition) is 5. The van der Waals surface area contributed by atoms with Crippen LogP contribution in [0.5, 0.6) is 0 Å². The fourth-order valence-electron chi connectivity index (χ4n) is 4.04. The summed E-state index contributed by atoms with van der Waals surface area (Å²) in [5, 5.41) is 10.6. The predicted molar refractivity (Wildman–Crippen MR) is 138 cm³/mol. The van der Waals surface area contributed by atoms with Crippen LogP contribution in [0.3, 0.4) is 0 Å². The molecule has 0 N–H and O–H groups in total. The maximum absolute atomic E-state index is 12.7. The summed E-state index contributed by atoms with van der Waals surface area (Å²) < 4.78 is 7.72. The van der Waals surface area contributed by atoms with E-state index < -0.39 is 0 Å². The fourth-order valence-corrected chi connectivity index (χ4v) is 5.22. The molecule has 180 valence electrons. The van der Waals surface area contributed by atoms with E-state index in [0.717, 1.165) is 34.4 Å². The molecule has 2 heterocycles. The monoisotopic (exact) mass is 518 g/mol. The molecule has 1 saturated heterocycles. The molecule has 0 saturated carbocycles. The molecule has 2 atom stereocenters. The molecule has 4 rings (SSSR count). The molecule has 0 aliphatic carbocycles. The SMILES string of the molecule is Cc1ccc(-c2nnc(SCCCC(=O)N3CC(C)OC(C)C3)n2-c2ccc(Cl)c(Cl)c2)cc1. The number of halogens is 2. The average Bonchev–Trinajstić information content (AvgIpc) is 3.22. The zero-order chi connectivity index (χ0) is 24.2. The number of benzene rings is 2. The molecule has 0 spiro atoms. The first-order valence-corrected chi connectivity index (χ1v) is 13.1. The van der Waals surface area contributed by atoms with Gasteiger partial charge in [-0.15, -0.1) is 10.2 Å². The van der Waals surface area contributed by atoms with Gasteiger partial charge in [-0.2, -0.15) is 0 Å². The van der Waals surface area contributed by atoms with E-state index in [4.69, 9.17) is 27.9 Å². The average molecular weight is 519 g/mol. The Bertz CT molecular complexity index is 1140. The van der Waals surface area contributed by atoms with Crippen molar-refractivity contribution in [1.29, 1.82) is 0 Å². The van der Waals surface area contributed by atoms with E-state index in [9.17, 15) is 4.79 Å². The Labute approximate surface area is 214 Å². The van der Waals surface area contributed by atoms with E-state index in [0.29, 0.717) is 29.6 Å². The van der Waals surface area contributed by atoms with Crippen molar-refractivity contribution in [2.45, 2.75) is 51.0 Å². The number of hydrogen-bond donors (Lipinski definition) is 0. The summed E-state index contributed by atoms with van der Waals surface area (Å²) in [6.07, 6.45) is 1.40. The van der Waals surface area contributed by atoms with Crippen LogP contribution in [-0.2, 0) is 9.53 Å². The standard InChI is InChI=1S/C25H28Cl2N4O2S/c1-16-6-8-19(9-7-16)24-28-29-25(31(24)20-10-11-21(26)22(27)13-20)34-12-4-5-23(32)30-14-17(2)33-18(3)15-30/h6-11,13,17-18H,4-5,12,14-15H2,1-3H3. The zero-order valence-electron chi connectivity index (χ0n) is 19.5. The van der Waals surface area contributed by atoms with Gasteiger partial charge in [0.05, 0.1) is 27.9 Å². The number of morpholine rings is 1. The first-order valence-electron chi connectivity index (χ1n) is 11.4. The Balaban J connectivity index is 1.48. The molecule has 1 aliphatic heterocycles. The summed E-state index contributed by atoms with van der Waals surface area (Å²) in [5.74, 6) is 1.65. The molecule has 0 bridgehead atoms. The molecular formula is C25H28Cl2N4O2S. The van der Waals surface area contributed by atoms with Crippen molar-refractivity contribution >= 4 is 40.9 Å². The Morgan fingerprint density at radius 1 is 1.06 bits per heavy atom. The number of amides is 1. The van der Waals surface area contributed by atoms with E-state index in [2.05, 4.69) is 22.3 Å². The first kappa shape index (κ1) is 25.0. The first-order chi connectivity index (χ1) is 16.3. The van der Waals surface area contributed by atoms with Crippen LogP contribution in [0, 0.1) is 6.92 Å². The largest absolute Gasteiger partial charge is 0.372 e. The minimum Gasteiger partial charge on any atom is -0.372 e. The third kappa shape index (κ3) is 5.95. The van der Waals surface area contributed by atoms with Crippen molar-refractivity contribution in [2.24, 2.45) is 0 Å². The lowest BCUT2D eigenvalue weighted by atomic mass is 10.1. The van der Waals surface area contributed by atoms with Crippen LogP contribution in [0.4, 0.5) is 0 Å². The Morgan fingerprint density at radius 2 is 1.76 bits per heavy atom. The third-order valence-corrected chi connectivity index (χ3v) is 7.40. The molecule has 1 aliphatic rings. The predicted octanol–water partition coefficient (Wildman–Crippen LogP) is 6.06. The maximum atomic E-state index is 12.7. The van der Waals surface area contributed by atoms with Crippen molar-refractivity contribution in [2.75, 3.05) is 18.8 Å². The summed E-state index contributed by atoms with van der Waals surface area (Å²) in [7, 11) is 0. The van der Waals surface area contributed by atoms with Gasteiger partial charge in [0.2, 0.25) is 5.91 Å². The van der Waals surface area contributed by atoms with E-state index >= 15 is 0 Å². The smallest absolute Gasteiger partial charge is 0.222 e. The van der Waals surface area contributed by atoms with Crippen molar-refractivity contribution in [1.82, 2.24) is 19.7 Å². The highest BCUT2D eigenvalue weighted by Crippen LogP contribution is 2.32. The maximum Gasteiger partial charge on any atom is 0.222 e. The molecule has 6 nitrogen and oxygen atoms in total. The Hall–Kier alpha value is -2.06. The van der Waals surface area contributed by atoms with Crippen LogP contribution in [0.25, 0.3) is 17.1 Å². The highest BCUT2D eigenvalue weighted by Gasteiger charge is 2.25. The van der Waals surface area contributed by atoms with Gasteiger partial charge in [-0.3, -0.25) is 9.36 Å². The zero-order valence-corrected chi connectivity index (χ0v) is 21.8. The normalized spacial score (nSPS) is 18.3. The van der Waals surface area contributed by atoms with Gasteiger partial charge in [-0.25, -0.2) is 0 Å². The van der Waals surface area contributed by atoms with Crippen LogP contribution >= 0.6 is 35.0 Å². The van der Waals surface area contributed by atoms with Gasteiger partial charge < -0.3 is 9.64 Å². The number of rotatable bonds is 7. The van der Waals surface area contributed by atoms with Crippen molar-refractivity contribution < 1.29 is 9.53 Å². The second kappa shape index (κ2) is 11.1. The molecular weight excluding hydrogens is 491 g/mol.